The third kappa shape index (κ3) is 2.77. The number of fused-ring (bicyclic) bond motifs is 1. The SMILES string of the molecule is CC1(O)CCCN(c2nc(Cl)nc3c(F)c(Br)c(F)cc23)C1. The van der Waals surface area contributed by atoms with Crippen molar-refractivity contribution in [2.75, 3.05) is 18.0 Å². The summed E-state index contributed by atoms with van der Waals surface area (Å²) in [5.74, 6) is -1.22. The van der Waals surface area contributed by atoms with Crippen molar-refractivity contribution in [3.8, 4) is 0 Å². The van der Waals surface area contributed by atoms with Crippen molar-refractivity contribution in [1.29, 1.82) is 0 Å². The number of nitrogens with zero attached hydrogens (tertiary/aromatic N) is 3. The molecule has 0 bridgehead atoms. The summed E-state index contributed by atoms with van der Waals surface area (Å²) >= 11 is 8.75. The maximum absolute atomic E-state index is 14.2. The lowest BCUT2D eigenvalue weighted by Gasteiger charge is -2.37. The van der Waals surface area contributed by atoms with Crippen LogP contribution in [0.3, 0.4) is 0 Å². The van der Waals surface area contributed by atoms with E-state index in [4.69, 9.17) is 11.6 Å². The van der Waals surface area contributed by atoms with Gasteiger partial charge in [0, 0.05) is 18.5 Å². The van der Waals surface area contributed by atoms with E-state index in [0.29, 0.717) is 25.3 Å². The quantitative estimate of drug-likeness (QED) is 0.594. The minimum atomic E-state index is -0.881. The van der Waals surface area contributed by atoms with E-state index >= 15 is 0 Å². The summed E-state index contributed by atoms with van der Waals surface area (Å²) in [7, 11) is 0. The van der Waals surface area contributed by atoms with Crippen LogP contribution in [0, 0.1) is 11.6 Å². The number of anilines is 1. The first kappa shape index (κ1) is 15.8. The highest BCUT2D eigenvalue weighted by atomic mass is 79.9. The molecule has 1 N–H and O–H groups in total. The molecule has 8 heteroatoms. The lowest BCUT2D eigenvalue weighted by atomic mass is 9.95. The normalized spacial score (nSPS) is 22.4. The summed E-state index contributed by atoms with van der Waals surface area (Å²) in [6, 6.07) is 1.18. The van der Waals surface area contributed by atoms with E-state index in [1.165, 1.54) is 6.07 Å². The molecule has 2 aromatic rings. The molecule has 1 atom stereocenters. The molecule has 1 fully saturated rings. The van der Waals surface area contributed by atoms with Crippen molar-refractivity contribution < 1.29 is 13.9 Å². The number of benzene rings is 1. The molecule has 1 aromatic heterocycles. The Bertz CT molecular complexity index is 757. The summed E-state index contributed by atoms with van der Waals surface area (Å²) in [6.45, 7) is 2.66. The minimum absolute atomic E-state index is 0.0477. The molecule has 22 heavy (non-hydrogen) atoms. The second-order valence-electron chi connectivity index (χ2n) is 5.72. The summed E-state index contributed by atoms with van der Waals surface area (Å²) in [6.07, 6.45) is 1.41. The van der Waals surface area contributed by atoms with Crippen molar-refractivity contribution in [1.82, 2.24) is 9.97 Å². The predicted molar refractivity (Wildman–Crippen MR) is 84.2 cm³/mol. The summed E-state index contributed by atoms with van der Waals surface area (Å²) in [5.41, 5.74) is -0.928. The molecule has 3 rings (SSSR count). The van der Waals surface area contributed by atoms with Crippen molar-refractivity contribution in [3.05, 3.63) is 27.5 Å². The third-order valence-electron chi connectivity index (χ3n) is 3.75. The van der Waals surface area contributed by atoms with Crippen LogP contribution in [0.25, 0.3) is 10.9 Å². The third-order valence-corrected chi connectivity index (χ3v) is 4.65. The molecule has 0 amide bonds. The van der Waals surface area contributed by atoms with Gasteiger partial charge in [-0.1, -0.05) is 0 Å². The number of aromatic nitrogens is 2. The lowest BCUT2D eigenvalue weighted by Crippen LogP contribution is -2.46. The van der Waals surface area contributed by atoms with Crippen LogP contribution in [0.5, 0.6) is 0 Å². The van der Waals surface area contributed by atoms with Crippen LogP contribution in [-0.4, -0.2) is 33.8 Å². The van der Waals surface area contributed by atoms with Gasteiger partial charge in [-0.2, -0.15) is 4.98 Å². The van der Waals surface area contributed by atoms with Gasteiger partial charge in [-0.15, -0.1) is 0 Å². The van der Waals surface area contributed by atoms with E-state index in [1.54, 1.807) is 11.8 Å². The topological polar surface area (TPSA) is 49.2 Å². The first-order valence-corrected chi connectivity index (χ1v) is 7.94. The molecule has 0 aliphatic carbocycles. The van der Waals surface area contributed by atoms with Gasteiger partial charge >= 0.3 is 0 Å². The number of hydrogen-bond donors (Lipinski definition) is 1. The van der Waals surface area contributed by atoms with E-state index in [1.807, 2.05) is 0 Å². The van der Waals surface area contributed by atoms with Crippen LogP contribution in [0.4, 0.5) is 14.6 Å². The molecule has 0 radical (unpaired) electrons. The monoisotopic (exact) mass is 391 g/mol. The molecule has 4 nitrogen and oxygen atoms in total. The van der Waals surface area contributed by atoms with Crippen LogP contribution in [0.1, 0.15) is 19.8 Å². The number of β-amino-alcohol motifs (C(OH)–C–C–N with tert-alkyl or cyclic N) is 1. The van der Waals surface area contributed by atoms with Crippen molar-refractivity contribution in [2.24, 2.45) is 0 Å². The number of halogens is 4. The molecule has 1 aromatic carbocycles. The molecule has 0 saturated carbocycles. The number of hydrogen-bond acceptors (Lipinski definition) is 4. The van der Waals surface area contributed by atoms with Crippen molar-refractivity contribution >= 4 is 44.3 Å². The summed E-state index contributed by atoms with van der Waals surface area (Å²) < 4.78 is 27.8. The van der Waals surface area contributed by atoms with Crippen molar-refractivity contribution in [3.63, 3.8) is 0 Å². The molecule has 0 spiro atoms. The van der Waals surface area contributed by atoms with E-state index in [2.05, 4.69) is 25.9 Å². The van der Waals surface area contributed by atoms with Crippen molar-refractivity contribution in [2.45, 2.75) is 25.4 Å². The molecule has 1 saturated heterocycles. The van der Waals surface area contributed by atoms with Gasteiger partial charge in [-0.25, -0.2) is 13.8 Å². The number of piperidine rings is 1. The highest BCUT2D eigenvalue weighted by Crippen LogP contribution is 2.34. The van der Waals surface area contributed by atoms with E-state index < -0.39 is 17.2 Å². The van der Waals surface area contributed by atoms with Gasteiger partial charge in [-0.3, -0.25) is 0 Å². The van der Waals surface area contributed by atoms with Gasteiger partial charge in [0.25, 0.3) is 0 Å². The van der Waals surface area contributed by atoms with Crippen LogP contribution in [0.2, 0.25) is 5.28 Å². The van der Waals surface area contributed by atoms with E-state index in [-0.39, 0.29) is 20.7 Å². The minimum Gasteiger partial charge on any atom is -0.388 e. The number of aliphatic hydroxyl groups is 1. The zero-order valence-electron chi connectivity index (χ0n) is 11.7. The van der Waals surface area contributed by atoms with Crippen LogP contribution in [-0.2, 0) is 0 Å². The smallest absolute Gasteiger partial charge is 0.225 e. The van der Waals surface area contributed by atoms with Gasteiger partial charge in [0.1, 0.15) is 17.2 Å². The molecular weight excluding hydrogens is 380 g/mol. The van der Waals surface area contributed by atoms with Gasteiger partial charge in [0.2, 0.25) is 5.28 Å². The van der Waals surface area contributed by atoms with Crippen LogP contribution >= 0.6 is 27.5 Å². The second-order valence-corrected chi connectivity index (χ2v) is 6.85. The van der Waals surface area contributed by atoms with Crippen LogP contribution in [0.15, 0.2) is 10.5 Å². The molecule has 1 unspecified atom stereocenters. The fourth-order valence-electron chi connectivity index (χ4n) is 2.77. The second kappa shape index (κ2) is 5.54. The molecule has 1 aliphatic heterocycles. The summed E-state index contributed by atoms with van der Waals surface area (Å²) in [4.78, 5) is 9.77. The van der Waals surface area contributed by atoms with Gasteiger partial charge < -0.3 is 10.0 Å². The molecular formula is C14H13BrClF2N3O. The molecule has 118 valence electrons. The Labute approximate surface area is 139 Å². The zero-order chi connectivity index (χ0) is 16.1. The maximum Gasteiger partial charge on any atom is 0.225 e. The highest BCUT2D eigenvalue weighted by Gasteiger charge is 2.31. The van der Waals surface area contributed by atoms with Gasteiger partial charge in [0.05, 0.1) is 10.1 Å². The highest BCUT2D eigenvalue weighted by molar-refractivity contribution is 9.10. The molecule has 1 aliphatic rings. The Morgan fingerprint density at radius 1 is 1.41 bits per heavy atom. The largest absolute Gasteiger partial charge is 0.388 e. The lowest BCUT2D eigenvalue weighted by molar-refractivity contribution is 0.0448. The van der Waals surface area contributed by atoms with Crippen LogP contribution < -0.4 is 4.90 Å². The van der Waals surface area contributed by atoms with E-state index in [0.717, 1.165) is 6.42 Å². The maximum atomic E-state index is 14.2. The standard InChI is InChI=1S/C14H13BrClF2N3O/c1-14(22)3-2-4-21(6-14)12-7-5-8(17)9(15)10(18)11(7)19-13(16)20-12/h5,22H,2-4,6H2,1H3. The summed E-state index contributed by atoms with van der Waals surface area (Å²) in [5, 5.41) is 10.3. The average molecular weight is 393 g/mol. The Kier molecular flexibility index (Phi) is 3.99. The number of rotatable bonds is 1. The Morgan fingerprint density at radius 2 is 2.14 bits per heavy atom. The average Bonchev–Trinajstić information content (AvgIpc) is 2.44. The molecule has 2 heterocycles. The first-order chi connectivity index (χ1) is 10.3. The first-order valence-electron chi connectivity index (χ1n) is 6.76. The Balaban J connectivity index is 2.21. The Hall–Kier alpha value is -1.05. The van der Waals surface area contributed by atoms with E-state index in [9.17, 15) is 13.9 Å². The fraction of sp³-hybridized carbons (Fsp3) is 0.429. The van der Waals surface area contributed by atoms with Gasteiger partial charge in [0.15, 0.2) is 5.82 Å². The zero-order valence-corrected chi connectivity index (χ0v) is 14.0. The van der Waals surface area contributed by atoms with Gasteiger partial charge in [-0.05, 0) is 53.4 Å². The predicted octanol–water partition coefficient (Wildman–Crippen LogP) is 3.68. The fourth-order valence-corrected chi connectivity index (χ4v) is 3.24. The Morgan fingerprint density at radius 3 is 2.82 bits per heavy atom.